The Hall–Kier alpha value is -2.71. The van der Waals surface area contributed by atoms with Crippen molar-refractivity contribution in [1.82, 2.24) is 20.4 Å². The van der Waals surface area contributed by atoms with Crippen LogP contribution in [0.3, 0.4) is 0 Å². The molecule has 6 nitrogen and oxygen atoms in total. The lowest BCUT2D eigenvalue weighted by molar-refractivity contribution is 0.509. The Morgan fingerprint density at radius 2 is 1.74 bits per heavy atom. The quantitative estimate of drug-likeness (QED) is 0.432. The first-order valence-electron chi connectivity index (χ1n) is 8.40. The lowest BCUT2D eigenvalue weighted by atomic mass is 10.2. The van der Waals surface area contributed by atoms with Crippen LogP contribution in [0, 0.1) is 6.92 Å². The van der Waals surface area contributed by atoms with Crippen LogP contribution in [0.1, 0.15) is 23.6 Å². The third kappa shape index (κ3) is 4.35. The number of anilines is 2. The van der Waals surface area contributed by atoms with Crippen LogP contribution >= 0.6 is 23.1 Å². The van der Waals surface area contributed by atoms with Crippen molar-refractivity contribution in [1.29, 1.82) is 0 Å². The smallest absolute Gasteiger partial charge is 0.247 e. The van der Waals surface area contributed by atoms with Gasteiger partial charge in [0.1, 0.15) is 0 Å². The van der Waals surface area contributed by atoms with Crippen molar-refractivity contribution in [2.45, 2.75) is 23.4 Å². The molecule has 0 amide bonds. The Balaban J connectivity index is 1.41. The number of thioether (sulfide) groups is 1. The third-order valence-electron chi connectivity index (χ3n) is 3.80. The monoisotopic (exact) mass is 395 g/mol. The number of aryl methyl sites for hydroxylation is 1. The van der Waals surface area contributed by atoms with E-state index in [0.717, 1.165) is 20.7 Å². The molecule has 1 atom stereocenters. The predicted octanol–water partition coefficient (Wildman–Crippen LogP) is 5.49. The van der Waals surface area contributed by atoms with Gasteiger partial charge >= 0.3 is 0 Å². The summed E-state index contributed by atoms with van der Waals surface area (Å²) in [5.41, 5.74) is 3.12. The van der Waals surface area contributed by atoms with Gasteiger partial charge in [0.05, 0.1) is 5.25 Å². The molecule has 27 heavy (non-hydrogen) atoms. The number of nitrogens with one attached hydrogen (secondary N) is 1. The Kier molecular flexibility index (Phi) is 5.17. The van der Waals surface area contributed by atoms with Gasteiger partial charge in [-0.1, -0.05) is 59.0 Å². The van der Waals surface area contributed by atoms with Gasteiger partial charge in [-0.2, -0.15) is 0 Å². The maximum Gasteiger partial charge on any atom is 0.247 e. The highest BCUT2D eigenvalue weighted by Crippen LogP contribution is 2.38. The van der Waals surface area contributed by atoms with Crippen molar-refractivity contribution < 1.29 is 4.42 Å². The van der Waals surface area contributed by atoms with Crippen LogP contribution in [-0.4, -0.2) is 20.4 Å². The minimum Gasteiger partial charge on any atom is -0.419 e. The Labute approximate surface area is 165 Å². The Bertz CT molecular complexity index is 1010. The summed E-state index contributed by atoms with van der Waals surface area (Å²) in [4.78, 5) is 0. The van der Waals surface area contributed by atoms with Crippen molar-refractivity contribution in [3.8, 4) is 11.5 Å². The summed E-state index contributed by atoms with van der Waals surface area (Å²) < 4.78 is 6.66. The van der Waals surface area contributed by atoms with Gasteiger partial charge in [0.15, 0.2) is 4.34 Å². The minimum absolute atomic E-state index is 0.0184. The molecule has 0 radical (unpaired) electrons. The fraction of sp³-hybridized carbons (Fsp3) is 0.158. The topological polar surface area (TPSA) is 76.7 Å². The first-order valence-corrected chi connectivity index (χ1v) is 10.1. The molecule has 0 aliphatic rings. The molecular formula is C19H17N5OS2. The molecule has 0 aliphatic carbocycles. The number of aromatic nitrogens is 4. The highest BCUT2D eigenvalue weighted by Gasteiger charge is 2.18. The van der Waals surface area contributed by atoms with E-state index in [2.05, 4.69) is 44.8 Å². The fourth-order valence-electron chi connectivity index (χ4n) is 2.37. The molecule has 4 aromatic rings. The first kappa shape index (κ1) is 17.7. The van der Waals surface area contributed by atoms with Crippen LogP contribution in [0.25, 0.3) is 11.5 Å². The third-order valence-corrected chi connectivity index (χ3v) is 5.81. The molecule has 4 rings (SSSR count). The van der Waals surface area contributed by atoms with Crippen LogP contribution in [0.4, 0.5) is 10.8 Å². The SMILES string of the molecule is Cc1ccc(Nc2nnc(SC(C)c3nnc(-c4ccccc4)o3)s2)cc1. The number of nitrogens with zero attached hydrogens (tertiary/aromatic N) is 4. The van der Waals surface area contributed by atoms with Crippen LogP contribution in [-0.2, 0) is 0 Å². The summed E-state index contributed by atoms with van der Waals surface area (Å²) in [6, 6.07) is 17.9. The van der Waals surface area contributed by atoms with E-state index >= 15 is 0 Å². The van der Waals surface area contributed by atoms with E-state index < -0.39 is 0 Å². The molecule has 8 heteroatoms. The Morgan fingerprint density at radius 3 is 2.52 bits per heavy atom. The zero-order valence-electron chi connectivity index (χ0n) is 14.8. The fourth-order valence-corrected chi connectivity index (χ4v) is 4.31. The van der Waals surface area contributed by atoms with Gasteiger partial charge in [-0.15, -0.1) is 20.4 Å². The molecule has 1 unspecified atom stereocenters. The van der Waals surface area contributed by atoms with Crippen molar-refractivity contribution in [3.63, 3.8) is 0 Å². The van der Waals surface area contributed by atoms with E-state index in [1.165, 1.54) is 16.9 Å². The zero-order chi connectivity index (χ0) is 18.6. The lowest BCUT2D eigenvalue weighted by Gasteiger charge is -2.03. The van der Waals surface area contributed by atoms with E-state index in [9.17, 15) is 0 Å². The summed E-state index contributed by atoms with van der Waals surface area (Å²) in [6.45, 7) is 4.08. The molecular weight excluding hydrogens is 378 g/mol. The average molecular weight is 396 g/mol. The summed E-state index contributed by atoms with van der Waals surface area (Å²) in [5.74, 6) is 1.10. The number of rotatable bonds is 6. The van der Waals surface area contributed by atoms with Crippen molar-refractivity contribution in [3.05, 3.63) is 66.1 Å². The molecule has 0 saturated carbocycles. The molecule has 2 aromatic heterocycles. The van der Waals surface area contributed by atoms with Gasteiger partial charge in [-0.3, -0.25) is 0 Å². The minimum atomic E-state index is -0.0184. The van der Waals surface area contributed by atoms with Gasteiger partial charge in [0.25, 0.3) is 0 Å². The van der Waals surface area contributed by atoms with Crippen LogP contribution in [0.15, 0.2) is 63.4 Å². The van der Waals surface area contributed by atoms with Gasteiger partial charge in [0.2, 0.25) is 16.9 Å². The maximum absolute atomic E-state index is 5.82. The predicted molar refractivity (Wildman–Crippen MR) is 108 cm³/mol. The summed E-state index contributed by atoms with van der Waals surface area (Å²) >= 11 is 3.05. The van der Waals surface area contributed by atoms with E-state index in [4.69, 9.17) is 4.42 Å². The number of hydrogen-bond acceptors (Lipinski definition) is 8. The molecule has 0 bridgehead atoms. The normalized spacial score (nSPS) is 12.1. The van der Waals surface area contributed by atoms with Crippen molar-refractivity contribution >= 4 is 33.9 Å². The van der Waals surface area contributed by atoms with Gasteiger partial charge in [-0.25, -0.2) is 0 Å². The van der Waals surface area contributed by atoms with E-state index in [1.54, 1.807) is 11.8 Å². The van der Waals surface area contributed by atoms with E-state index in [1.807, 2.05) is 49.4 Å². The zero-order valence-corrected chi connectivity index (χ0v) is 16.4. The second kappa shape index (κ2) is 7.89. The van der Waals surface area contributed by atoms with E-state index in [-0.39, 0.29) is 5.25 Å². The average Bonchev–Trinajstić information content (AvgIpc) is 3.34. The maximum atomic E-state index is 5.82. The Morgan fingerprint density at radius 1 is 0.963 bits per heavy atom. The van der Waals surface area contributed by atoms with Crippen LogP contribution in [0.2, 0.25) is 0 Å². The molecule has 0 spiro atoms. The van der Waals surface area contributed by atoms with Gasteiger partial charge in [-0.05, 0) is 38.1 Å². The number of hydrogen-bond donors (Lipinski definition) is 1. The second-order valence-corrected chi connectivity index (χ2v) is 8.50. The van der Waals surface area contributed by atoms with Crippen molar-refractivity contribution in [2.24, 2.45) is 0 Å². The van der Waals surface area contributed by atoms with Gasteiger partial charge < -0.3 is 9.73 Å². The molecule has 1 N–H and O–H groups in total. The van der Waals surface area contributed by atoms with Crippen LogP contribution < -0.4 is 5.32 Å². The highest BCUT2D eigenvalue weighted by atomic mass is 32.2. The first-order chi connectivity index (χ1) is 13.2. The number of benzene rings is 2. The standard InChI is InChI=1S/C19H17N5OS2/c1-12-8-10-15(11-9-12)20-18-23-24-19(27-18)26-13(2)16-21-22-17(25-16)14-6-4-3-5-7-14/h3-11,13H,1-2H3,(H,20,23). The molecule has 2 aromatic carbocycles. The molecule has 136 valence electrons. The summed E-state index contributed by atoms with van der Waals surface area (Å²) in [5, 5.41) is 20.8. The summed E-state index contributed by atoms with van der Waals surface area (Å²) in [6.07, 6.45) is 0. The second-order valence-electron chi connectivity index (χ2n) is 5.94. The van der Waals surface area contributed by atoms with Crippen molar-refractivity contribution in [2.75, 3.05) is 5.32 Å². The highest BCUT2D eigenvalue weighted by molar-refractivity contribution is 8.01. The summed E-state index contributed by atoms with van der Waals surface area (Å²) in [7, 11) is 0. The molecule has 0 fully saturated rings. The molecule has 0 aliphatic heterocycles. The van der Waals surface area contributed by atoms with Gasteiger partial charge in [0, 0.05) is 11.3 Å². The molecule has 0 saturated heterocycles. The lowest BCUT2D eigenvalue weighted by Crippen LogP contribution is -1.89. The largest absolute Gasteiger partial charge is 0.419 e. The van der Waals surface area contributed by atoms with E-state index in [0.29, 0.717) is 11.8 Å². The van der Waals surface area contributed by atoms with Crippen LogP contribution in [0.5, 0.6) is 0 Å². The molecule has 2 heterocycles.